The fourth-order valence-corrected chi connectivity index (χ4v) is 2.70. The van der Waals surface area contributed by atoms with Crippen LogP contribution in [0.1, 0.15) is 35.2 Å². The van der Waals surface area contributed by atoms with Crippen molar-refractivity contribution in [3.8, 4) is 0 Å². The maximum absolute atomic E-state index is 11.9. The molecule has 0 aromatic heterocycles. The van der Waals surface area contributed by atoms with Crippen LogP contribution < -0.4 is 10.6 Å². The van der Waals surface area contributed by atoms with Gasteiger partial charge < -0.3 is 15.7 Å². The Balaban J connectivity index is 1.76. The van der Waals surface area contributed by atoms with Crippen LogP contribution in [0.15, 0.2) is 24.3 Å². The first-order valence-electron chi connectivity index (χ1n) is 7.45. The van der Waals surface area contributed by atoms with Crippen LogP contribution in [0.5, 0.6) is 0 Å². The SMILES string of the molecule is O=C(CC1CCNCC1)NCCc1ccccc1C(=O)O. The van der Waals surface area contributed by atoms with Crippen molar-refractivity contribution in [3.63, 3.8) is 0 Å². The molecule has 1 heterocycles. The van der Waals surface area contributed by atoms with E-state index in [1.54, 1.807) is 18.2 Å². The zero-order valence-electron chi connectivity index (χ0n) is 12.1. The van der Waals surface area contributed by atoms with Gasteiger partial charge in [-0.05, 0) is 49.9 Å². The predicted octanol–water partition coefficient (Wildman–Crippen LogP) is 1.43. The number of carbonyl (C=O) groups excluding carboxylic acids is 1. The summed E-state index contributed by atoms with van der Waals surface area (Å²) in [6.07, 6.45) is 3.22. The van der Waals surface area contributed by atoms with E-state index in [4.69, 9.17) is 5.11 Å². The topological polar surface area (TPSA) is 78.4 Å². The number of amides is 1. The Morgan fingerprint density at radius 1 is 1.24 bits per heavy atom. The lowest BCUT2D eigenvalue weighted by atomic mass is 9.94. The third-order valence-corrected chi connectivity index (χ3v) is 3.90. The molecule has 1 amide bonds. The normalized spacial score (nSPS) is 15.6. The van der Waals surface area contributed by atoms with E-state index >= 15 is 0 Å². The van der Waals surface area contributed by atoms with E-state index in [1.807, 2.05) is 6.07 Å². The van der Waals surface area contributed by atoms with Crippen molar-refractivity contribution in [1.29, 1.82) is 0 Å². The average Bonchev–Trinajstić information content (AvgIpc) is 2.48. The van der Waals surface area contributed by atoms with Gasteiger partial charge in [-0.3, -0.25) is 4.79 Å². The number of benzene rings is 1. The highest BCUT2D eigenvalue weighted by atomic mass is 16.4. The van der Waals surface area contributed by atoms with Crippen molar-refractivity contribution in [2.24, 2.45) is 5.92 Å². The Morgan fingerprint density at radius 3 is 2.67 bits per heavy atom. The van der Waals surface area contributed by atoms with Gasteiger partial charge in [0.05, 0.1) is 5.56 Å². The summed E-state index contributed by atoms with van der Waals surface area (Å²) in [6.45, 7) is 2.46. The minimum atomic E-state index is -0.924. The summed E-state index contributed by atoms with van der Waals surface area (Å²) >= 11 is 0. The fraction of sp³-hybridized carbons (Fsp3) is 0.500. The average molecular weight is 290 g/mol. The number of hydrogen-bond acceptors (Lipinski definition) is 3. The Bertz CT molecular complexity index is 496. The van der Waals surface area contributed by atoms with E-state index in [-0.39, 0.29) is 5.91 Å². The second-order valence-corrected chi connectivity index (χ2v) is 5.46. The Kier molecular flexibility index (Phi) is 5.75. The Labute approximate surface area is 124 Å². The number of hydrogen-bond donors (Lipinski definition) is 3. The molecule has 1 fully saturated rings. The van der Waals surface area contributed by atoms with Gasteiger partial charge in [0.25, 0.3) is 0 Å². The van der Waals surface area contributed by atoms with Crippen molar-refractivity contribution in [2.45, 2.75) is 25.7 Å². The first-order valence-corrected chi connectivity index (χ1v) is 7.45. The maximum atomic E-state index is 11.9. The van der Waals surface area contributed by atoms with E-state index < -0.39 is 5.97 Å². The van der Waals surface area contributed by atoms with E-state index in [0.29, 0.717) is 30.9 Å². The van der Waals surface area contributed by atoms with Crippen LogP contribution in [0, 0.1) is 5.92 Å². The number of aromatic carboxylic acids is 1. The van der Waals surface area contributed by atoms with Crippen LogP contribution in [0.4, 0.5) is 0 Å². The van der Waals surface area contributed by atoms with Gasteiger partial charge in [-0.2, -0.15) is 0 Å². The molecule has 1 aliphatic heterocycles. The van der Waals surface area contributed by atoms with Gasteiger partial charge in [0.2, 0.25) is 5.91 Å². The second-order valence-electron chi connectivity index (χ2n) is 5.46. The summed E-state index contributed by atoms with van der Waals surface area (Å²) in [7, 11) is 0. The third kappa shape index (κ3) is 4.86. The summed E-state index contributed by atoms with van der Waals surface area (Å²) in [4.78, 5) is 23.0. The van der Waals surface area contributed by atoms with Gasteiger partial charge in [-0.1, -0.05) is 18.2 Å². The summed E-state index contributed by atoms with van der Waals surface area (Å²) in [5, 5.41) is 15.3. The summed E-state index contributed by atoms with van der Waals surface area (Å²) < 4.78 is 0. The Morgan fingerprint density at radius 2 is 1.95 bits per heavy atom. The number of carboxylic acids is 1. The highest BCUT2D eigenvalue weighted by Gasteiger charge is 2.16. The second kappa shape index (κ2) is 7.78. The molecule has 114 valence electrons. The molecule has 1 aromatic carbocycles. The standard InChI is InChI=1S/C16H22N2O3/c19-15(11-12-5-8-17-9-6-12)18-10-7-13-3-1-2-4-14(13)16(20)21/h1-4,12,17H,5-11H2,(H,18,19)(H,20,21). The molecule has 5 heteroatoms. The quantitative estimate of drug-likeness (QED) is 0.740. The molecule has 0 spiro atoms. The molecule has 1 saturated heterocycles. The molecule has 0 aliphatic carbocycles. The Hall–Kier alpha value is -1.88. The molecule has 2 rings (SSSR count). The smallest absolute Gasteiger partial charge is 0.335 e. The van der Waals surface area contributed by atoms with Crippen molar-refractivity contribution in [2.75, 3.05) is 19.6 Å². The van der Waals surface area contributed by atoms with E-state index in [0.717, 1.165) is 31.5 Å². The zero-order chi connectivity index (χ0) is 15.1. The molecule has 0 unspecified atom stereocenters. The first kappa shape index (κ1) is 15.5. The van der Waals surface area contributed by atoms with Crippen molar-refractivity contribution >= 4 is 11.9 Å². The number of carbonyl (C=O) groups is 2. The lowest BCUT2D eigenvalue weighted by molar-refractivity contribution is -0.122. The molecule has 0 saturated carbocycles. The predicted molar refractivity (Wildman–Crippen MR) is 80.3 cm³/mol. The highest BCUT2D eigenvalue weighted by Crippen LogP contribution is 2.15. The molecule has 1 aromatic rings. The minimum absolute atomic E-state index is 0.0645. The monoisotopic (exact) mass is 290 g/mol. The van der Waals surface area contributed by atoms with E-state index in [2.05, 4.69) is 10.6 Å². The largest absolute Gasteiger partial charge is 0.478 e. The maximum Gasteiger partial charge on any atom is 0.335 e. The molecule has 0 radical (unpaired) electrons. The molecule has 1 aliphatic rings. The van der Waals surface area contributed by atoms with E-state index in [1.165, 1.54) is 0 Å². The molecule has 0 bridgehead atoms. The van der Waals surface area contributed by atoms with Crippen LogP contribution in [0.2, 0.25) is 0 Å². The number of carboxylic acid groups (broad SMARTS) is 1. The lowest BCUT2D eigenvalue weighted by Gasteiger charge is -2.21. The van der Waals surface area contributed by atoms with E-state index in [9.17, 15) is 9.59 Å². The summed E-state index contributed by atoms with van der Waals surface area (Å²) in [5.41, 5.74) is 1.07. The van der Waals surface area contributed by atoms with Crippen molar-refractivity contribution in [3.05, 3.63) is 35.4 Å². The van der Waals surface area contributed by atoms with Gasteiger partial charge in [0.1, 0.15) is 0 Å². The van der Waals surface area contributed by atoms with Gasteiger partial charge >= 0.3 is 5.97 Å². The number of piperidine rings is 1. The summed E-state index contributed by atoms with van der Waals surface area (Å²) in [5.74, 6) is -0.390. The molecule has 0 atom stereocenters. The number of nitrogens with one attached hydrogen (secondary N) is 2. The zero-order valence-corrected chi connectivity index (χ0v) is 12.1. The van der Waals surface area contributed by atoms with Crippen LogP contribution in [-0.2, 0) is 11.2 Å². The summed E-state index contributed by atoms with van der Waals surface area (Å²) in [6, 6.07) is 6.91. The van der Waals surface area contributed by atoms with Crippen LogP contribution in [0.3, 0.4) is 0 Å². The van der Waals surface area contributed by atoms with Crippen LogP contribution in [0.25, 0.3) is 0 Å². The molecule has 3 N–H and O–H groups in total. The molecular weight excluding hydrogens is 268 g/mol. The van der Waals surface area contributed by atoms with Gasteiger partial charge in [0.15, 0.2) is 0 Å². The number of rotatable bonds is 6. The first-order chi connectivity index (χ1) is 10.2. The third-order valence-electron chi connectivity index (χ3n) is 3.90. The van der Waals surface area contributed by atoms with Crippen LogP contribution >= 0.6 is 0 Å². The van der Waals surface area contributed by atoms with Crippen molar-refractivity contribution < 1.29 is 14.7 Å². The molecule has 21 heavy (non-hydrogen) atoms. The lowest BCUT2D eigenvalue weighted by Crippen LogP contribution is -2.33. The van der Waals surface area contributed by atoms with Gasteiger partial charge in [0, 0.05) is 13.0 Å². The fourth-order valence-electron chi connectivity index (χ4n) is 2.70. The van der Waals surface area contributed by atoms with Gasteiger partial charge in [-0.25, -0.2) is 4.79 Å². The minimum Gasteiger partial charge on any atom is -0.478 e. The molecular formula is C16H22N2O3. The van der Waals surface area contributed by atoms with Gasteiger partial charge in [-0.15, -0.1) is 0 Å². The van der Waals surface area contributed by atoms with Crippen molar-refractivity contribution in [1.82, 2.24) is 10.6 Å². The van der Waals surface area contributed by atoms with Crippen LogP contribution in [-0.4, -0.2) is 36.6 Å². The highest BCUT2D eigenvalue weighted by molar-refractivity contribution is 5.89. The molecule has 5 nitrogen and oxygen atoms in total.